The molecule has 0 aliphatic carbocycles. The van der Waals surface area contributed by atoms with Crippen molar-refractivity contribution in [3.05, 3.63) is 71.9 Å². The highest BCUT2D eigenvalue weighted by atomic mass is 35.5. The van der Waals surface area contributed by atoms with Crippen molar-refractivity contribution in [1.82, 2.24) is 36.1 Å². The van der Waals surface area contributed by atoms with Crippen molar-refractivity contribution in [3.8, 4) is 0 Å². The van der Waals surface area contributed by atoms with Crippen LogP contribution >= 0.6 is 11.6 Å². The number of likely N-dealkylation sites (tertiary alicyclic amines) is 2. The number of carbonyl (C=O) groups is 6. The highest BCUT2D eigenvalue weighted by Gasteiger charge is 2.38. The second-order valence-corrected chi connectivity index (χ2v) is 14.6. The minimum absolute atomic E-state index is 0.113. The summed E-state index contributed by atoms with van der Waals surface area (Å²) < 4.78 is 0. The van der Waals surface area contributed by atoms with E-state index in [4.69, 9.17) is 17.3 Å². The predicted octanol–water partition coefficient (Wildman–Crippen LogP) is 2.88. The van der Waals surface area contributed by atoms with Crippen LogP contribution in [0.4, 0.5) is 4.79 Å². The van der Waals surface area contributed by atoms with Crippen LogP contribution in [0.25, 0.3) is 10.9 Å². The maximum atomic E-state index is 14.3. The molecule has 0 bridgehead atoms. The van der Waals surface area contributed by atoms with E-state index in [1.54, 1.807) is 11.1 Å². The summed E-state index contributed by atoms with van der Waals surface area (Å²) in [6.45, 7) is 1.71. The lowest BCUT2D eigenvalue weighted by Crippen LogP contribution is -2.61. The average molecular weight is 777 g/mol. The Bertz CT molecular complexity index is 1780. The van der Waals surface area contributed by atoms with Gasteiger partial charge in [0.15, 0.2) is 0 Å². The van der Waals surface area contributed by atoms with Crippen molar-refractivity contribution in [3.63, 3.8) is 0 Å². The first kappa shape index (κ1) is 41.1. The Morgan fingerprint density at radius 3 is 2.25 bits per heavy atom. The van der Waals surface area contributed by atoms with Crippen molar-refractivity contribution in [2.75, 3.05) is 32.1 Å². The smallest absolute Gasteiger partial charge is 0.312 e. The first-order valence-electron chi connectivity index (χ1n) is 19.3. The van der Waals surface area contributed by atoms with Crippen LogP contribution in [0.1, 0.15) is 68.9 Å². The van der Waals surface area contributed by atoms with Crippen LogP contribution in [0, 0.1) is 0 Å². The Labute approximate surface area is 326 Å². The van der Waals surface area contributed by atoms with Crippen molar-refractivity contribution in [2.45, 2.75) is 94.8 Å². The number of rotatable bonds is 17. The number of aryl methyl sites for hydroxylation is 1. The normalized spacial score (nSPS) is 17.4. The molecule has 2 aliphatic rings. The molecular weight excluding hydrogens is 724 g/mol. The van der Waals surface area contributed by atoms with Crippen molar-refractivity contribution >= 4 is 58.1 Å². The molecule has 3 heterocycles. The second-order valence-electron chi connectivity index (χ2n) is 14.3. The average Bonchev–Trinajstić information content (AvgIpc) is 3.62. The molecule has 2 aliphatic heterocycles. The lowest BCUT2D eigenvalue weighted by Gasteiger charge is -2.38. The quantitative estimate of drug-likeness (QED) is 0.0900. The summed E-state index contributed by atoms with van der Waals surface area (Å²) in [4.78, 5) is 86.9. The Morgan fingerprint density at radius 1 is 0.800 bits per heavy atom. The second kappa shape index (κ2) is 20.5. The molecule has 0 spiro atoms. The fraction of sp³-hybridized carbons (Fsp3) is 0.500. The van der Waals surface area contributed by atoms with Crippen LogP contribution in [0.2, 0.25) is 0 Å². The van der Waals surface area contributed by atoms with E-state index >= 15 is 0 Å². The standard InChI is InChI=1S/C40H53ClN8O6/c41-25-35(50)45-32(19-18-27-12-3-1-4-13-27)39(54)49-23-10-7-17-34(49)37(52)47-33(24-28-26-44-30-15-6-5-14-29(28)30)36(51)46-31(16-11-20-43-40(42)55)38(53)48-21-8-2-9-22-48/h1,3-6,12-15,26,31-34,44H,2,7-11,16-25H2,(H,45,50)(H,46,51)(H,47,52)(H3,42,43,55). The maximum absolute atomic E-state index is 14.3. The molecular formula is C40H53ClN8O6. The molecule has 296 valence electrons. The number of hydrogen-bond donors (Lipinski definition) is 6. The first-order chi connectivity index (χ1) is 26.6. The Kier molecular flexibility index (Phi) is 15.3. The van der Waals surface area contributed by atoms with Gasteiger partial charge in [0.05, 0.1) is 0 Å². The number of amides is 7. The van der Waals surface area contributed by atoms with Crippen molar-refractivity contribution in [2.24, 2.45) is 5.73 Å². The minimum atomic E-state index is -1.10. The summed E-state index contributed by atoms with van der Waals surface area (Å²) in [5.74, 6) is -2.44. The zero-order chi connectivity index (χ0) is 39.2. The van der Waals surface area contributed by atoms with E-state index in [1.807, 2.05) is 54.6 Å². The van der Waals surface area contributed by atoms with Gasteiger partial charge in [0.1, 0.15) is 30.0 Å². The van der Waals surface area contributed by atoms with E-state index in [0.717, 1.165) is 41.3 Å². The predicted molar refractivity (Wildman–Crippen MR) is 210 cm³/mol. The number of piperidine rings is 2. The summed E-state index contributed by atoms with van der Waals surface area (Å²) in [7, 11) is 0. The first-order valence-corrected chi connectivity index (χ1v) is 19.9. The van der Waals surface area contributed by atoms with Gasteiger partial charge in [0, 0.05) is 49.7 Å². The zero-order valence-electron chi connectivity index (χ0n) is 31.2. The highest BCUT2D eigenvalue weighted by molar-refractivity contribution is 6.27. The molecule has 4 atom stereocenters. The summed E-state index contributed by atoms with van der Waals surface area (Å²) >= 11 is 5.83. The Balaban J connectivity index is 1.37. The van der Waals surface area contributed by atoms with Gasteiger partial charge in [0.2, 0.25) is 29.5 Å². The van der Waals surface area contributed by atoms with Crippen LogP contribution in [-0.4, -0.2) is 107 Å². The topological polar surface area (TPSA) is 199 Å². The minimum Gasteiger partial charge on any atom is -0.361 e. The van der Waals surface area contributed by atoms with Crippen molar-refractivity contribution < 1.29 is 28.8 Å². The molecule has 1 aromatic heterocycles. The fourth-order valence-corrected chi connectivity index (χ4v) is 7.57. The number of alkyl halides is 1. The van der Waals surface area contributed by atoms with Gasteiger partial charge in [-0.3, -0.25) is 24.0 Å². The molecule has 5 rings (SSSR count). The zero-order valence-corrected chi connectivity index (χ0v) is 32.0. The number of nitrogens with zero attached hydrogens (tertiary/aromatic N) is 2. The van der Waals surface area contributed by atoms with E-state index in [1.165, 1.54) is 4.90 Å². The monoisotopic (exact) mass is 776 g/mol. The van der Waals surface area contributed by atoms with E-state index in [-0.39, 0.29) is 37.1 Å². The third-order valence-corrected chi connectivity index (χ3v) is 10.6. The van der Waals surface area contributed by atoms with Gasteiger partial charge in [-0.05, 0) is 81.4 Å². The molecule has 3 aromatic rings. The Hall–Kier alpha value is -5.11. The highest BCUT2D eigenvalue weighted by Crippen LogP contribution is 2.23. The van der Waals surface area contributed by atoms with Gasteiger partial charge in [-0.15, -0.1) is 11.6 Å². The van der Waals surface area contributed by atoms with Crippen LogP contribution in [0.5, 0.6) is 0 Å². The molecule has 2 aromatic carbocycles. The summed E-state index contributed by atoms with van der Waals surface area (Å²) in [5, 5.41) is 12.1. The number of primary amides is 1. The summed E-state index contributed by atoms with van der Waals surface area (Å²) in [5.41, 5.74) is 7.91. The lowest BCUT2D eigenvalue weighted by molar-refractivity contribution is -0.145. The van der Waals surface area contributed by atoms with Crippen LogP contribution in [0.3, 0.4) is 0 Å². The number of nitrogens with two attached hydrogens (primary N) is 1. The van der Waals surface area contributed by atoms with E-state index in [9.17, 15) is 28.8 Å². The number of benzene rings is 2. The molecule has 7 N–H and O–H groups in total. The third kappa shape index (κ3) is 11.7. The van der Waals surface area contributed by atoms with Gasteiger partial charge in [-0.1, -0.05) is 48.5 Å². The van der Waals surface area contributed by atoms with Gasteiger partial charge in [-0.25, -0.2) is 4.79 Å². The number of aromatic amines is 1. The van der Waals surface area contributed by atoms with E-state index < -0.39 is 47.9 Å². The number of hydrogen-bond acceptors (Lipinski definition) is 6. The number of carbonyl (C=O) groups excluding carboxylic acids is 6. The number of halogens is 1. The SMILES string of the molecule is NC(=O)NCCCC(NC(=O)C(Cc1c[nH]c2ccccc12)NC(=O)C1CCCCN1C(=O)C(CCc1ccccc1)NC(=O)CCl)C(=O)N1CCCCC1. The fourth-order valence-electron chi connectivity index (χ4n) is 7.49. The van der Waals surface area contributed by atoms with Crippen LogP contribution < -0.4 is 27.0 Å². The molecule has 7 amide bonds. The van der Waals surface area contributed by atoms with Gasteiger partial charge in [-0.2, -0.15) is 0 Å². The molecule has 0 radical (unpaired) electrons. The van der Waals surface area contributed by atoms with Crippen molar-refractivity contribution in [1.29, 1.82) is 0 Å². The molecule has 55 heavy (non-hydrogen) atoms. The van der Waals surface area contributed by atoms with Crippen LogP contribution in [-0.2, 0) is 36.8 Å². The summed E-state index contributed by atoms with van der Waals surface area (Å²) in [6.07, 6.45) is 7.88. The molecule has 2 saturated heterocycles. The summed E-state index contributed by atoms with van der Waals surface area (Å²) in [6, 6.07) is 12.8. The maximum Gasteiger partial charge on any atom is 0.312 e. The number of H-pyrrole nitrogens is 1. The van der Waals surface area contributed by atoms with Crippen LogP contribution in [0.15, 0.2) is 60.8 Å². The van der Waals surface area contributed by atoms with Gasteiger partial charge >= 0.3 is 6.03 Å². The molecule has 0 saturated carbocycles. The Morgan fingerprint density at radius 2 is 1.51 bits per heavy atom. The van der Waals surface area contributed by atoms with E-state index in [2.05, 4.69) is 26.3 Å². The number of para-hydroxylation sites is 1. The number of urea groups is 1. The molecule has 4 unspecified atom stereocenters. The van der Waals surface area contributed by atoms with Gasteiger partial charge < -0.3 is 41.8 Å². The number of aromatic nitrogens is 1. The van der Waals surface area contributed by atoms with Gasteiger partial charge in [0.25, 0.3) is 0 Å². The molecule has 14 nitrogen and oxygen atoms in total. The molecule has 2 fully saturated rings. The third-order valence-electron chi connectivity index (χ3n) is 10.4. The molecule has 15 heteroatoms. The van der Waals surface area contributed by atoms with E-state index in [0.29, 0.717) is 58.2 Å². The number of nitrogens with one attached hydrogen (secondary N) is 5. The lowest BCUT2D eigenvalue weighted by atomic mass is 9.97. The number of fused-ring (bicyclic) bond motifs is 1. The largest absolute Gasteiger partial charge is 0.361 e.